The molecule has 0 saturated carbocycles. The smallest absolute Gasteiger partial charge is 0.270 e. The molecule has 9 heteroatoms. The molecule has 1 aliphatic carbocycles. The molecule has 1 saturated heterocycles. The molecule has 3 rings (SSSR count). The quantitative estimate of drug-likeness (QED) is 0.433. The summed E-state index contributed by atoms with van der Waals surface area (Å²) in [5.41, 5.74) is 0.213. The molecule has 1 aromatic carbocycles. The van der Waals surface area contributed by atoms with Crippen LogP contribution in [0.4, 0.5) is 5.69 Å². The van der Waals surface area contributed by atoms with Crippen molar-refractivity contribution in [1.82, 2.24) is 9.21 Å². The number of sulfonamides is 1. The lowest BCUT2D eigenvalue weighted by Crippen LogP contribution is -2.50. The number of aryl methyl sites for hydroxylation is 1. The lowest BCUT2D eigenvalue weighted by molar-refractivity contribution is -0.385. The van der Waals surface area contributed by atoms with E-state index in [-0.39, 0.29) is 35.5 Å². The minimum absolute atomic E-state index is 0.0485. The van der Waals surface area contributed by atoms with Gasteiger partial charge in [0.1, 0.15) is 0 Å². The summed E-state index contributed by atoms with van der Waals surface area (Å²) in [4.78, 5) is 24.4. The Morgan fingerprint density at radius 3 is 2.56 bits per heavy atom. The maximum Gasteiger partial charge on any atom is 0.270 e. The molecule has 27 heavy (non-hydrogen) atoms. The fourth-order valence-corrected chi connectivity index (χ4v) is 5.18. The van der Waals surface area contributed by atoms with E-state index in [0.717, 1.165) is 18.9 Å². The van der Waals surface area contributed by atoms with E-state index in [1.165, 1.54) is 16.4 Å². The van der Waals surface area contributed by atoms with Crippen molar-refractivity contribution in [2.24, 2.45) is 5.92 Å². The van der Waals surface area contributed by atoms with Gasteiger partial charge in [-0.3, -0.25) is 14.9 Å². The van der Waals surface area contributed by atoms with Gasteiger partial charge in [-0.25, -0.2) is 8.42 Å². The van der Waals surface area contributed by atoms with E-state index < -0.39 is 14.9 Å². The van der Waals surface area contributed by atoms with E-state index in [4.69, 9.17) is 0 Å². The molecule has 1 heterocycles. The Hall–Kier alpha value is -2.26. The number of hydrogen-bond donors (Lipinski definition) is 0. The Morgan fingerprint density at radius 1 is 1.26 bits per heavy atom. The van der Waals surface area contributed by atoms with E-state index in [0.29, 0.717) is 25.1 Å². The Kier molecular flexibility index (Phi) is 5.61. The summed E-state index contributed by atoms with van der Waals surface area (Å²) in [7, 11) is -3.84. The van der Waals surface area contributed by atoms with Crippen LogP contribution in [0.2, 0.25) is 0 Å². The summed E-state index contributed by atoms with van der Waals surface area (Å²) in [6, 6.07) is 3.84. The zero-order chi connectivity index (χ0) is 19.6. The summed E-state index contributed by atoms with van der Waals surface area (Å²) in [5, 5.41) is 11.0. The Bertz CT molecular complexity index is 873. The molecule has 0 spiro atoms. The lowest BCUT2D eigenvalue weighted by Gasteiger charge is -2.34. The lowest BCUT2D eigenvalue weighted by atomic mass is 10.0. The first-order valence-corrected chi connectivity index (χ1v) is 10.4. The van der Waals surface area contributed by atoms with Crippen LogP contribution in [0.5, 0.6) is 0 Å². The van der Waals surface area contributed by atoms with Gasteiger partial charge >= 0.3 is 0 Å². The van der Waals surface area contributed by atoms with Gasteiger partial charge in [0.2, 0.25) is 15.9 Å². The van der Waals surface area contributed by atoms with Gasteiger partial charge in [-0.15, -0.1) is 0 Å². The van der Waals surface area contributed by atoms with Crippen LogP contribution in [0.15, 0.2) is 35.2 Å². The van der Waals surface area contributed by atoms with Crippen LogP contribution < -0.4 is 0 Å². The predicted molar refractivity (Wildman–Crippen MR) is 99.7 cm³/mol. The summed E-state index contributed by atoms with van der Waals surface area (Å²) < 4.78 is 27.2. The molecule has 1 fully saturated rings. The van der Waals surface area contributed by atoms with Gasteiger partial charge in [0.15, 0.2) is 0 Å². The second-order valence-corrected chi connectivity index (χ2v) is 8.87. The Labute approximate surface area is 158 Å². The number of carbonyl (C=O) groups is 1. The van der Waals surface area contributed by atoms with Crippen molar-refractivity contribution in [3.8, 4) is 0 Å². The summed E-state index contributed by atoms with van der Waals surface area (Å²) in [5.74, 6) is 0.335. The Morgan fingerprint density at radius 2 is 1.96 bits per heavy atom. The van der Waals surface area contributed by atoms with Crippen molar-refractivity contribution in [2.75, 3.05) is 26.2 Å². The minimum Gasteiger partial charge on any atom is -0.340 e. The van der Waals surface area contributed by atoms with Crippen molar-refractivity contribution >= 4 is 21.6 Å². The van der Waals surface area contributed by atoms with E-state index in [9.17, 15) is 23.3 Å². The predicted octanol–water partition coefficient (Wildman–Crippen LogP) is 2.09. The standard InChI is InChI=1S/C18H23N3O5S/c1-14-6-7-16(21(23)24)13-17(14)27(25,26)20-10-8-19(9-11-20)18(22)12-15-4-2-3-5-15/h2,4,6-7,13,15H,3,5,8-12H2,1H3/t15-/m0/s1. The number of nitro benzene ring substituents is 1. The molecule has 1 aromatic rings. The van der Waals surface area contributed by atoms with Gasteiger partial charge in [-0.05, 0) is 31.2 Å². The second kappa shape index (κ2) is 7.77. The first-order chi connectivity index (χ1) is 12.8. The highest BCUT2D eigenvalue weighted by atomic mass is 32.2. The van der Waals surface area contributed by atoms with Crippen LogP contribution >= 0.6 is 0 Å². The molecule has 1 atom stereocenters. The first kappa shape index (κ1) is 19.5. The van der Waals surface area contributed by atoms with Crippen LogP contribution in [0, 0.1) is 23.0 Å². The fourth-order valence-electron chi connectivity index (χ4n) is 3.52. The monoisotopic (exact) mass is 393 g/mol. The molecular weight excluding hydrogens is 370 g/mol. The number of nitro groups is 1. The number of hydrogen-bond acceptors (Lipinski definition) is 5. The largest absolute Gasteiger partial charge is 0.340 e. The van der Waals surface area contributed by atoms with Crippen LogP contribution in [0.25, 0.3) is 0 Å². The molecule has 0 unspecified atom stereocenters. The maximum absolute atomic E-state index is 12.9. The van der Waals surface area contributed by atoms with Crippen LogP contribution in [0.3, 0.4) is 0 Å². The SMILES string of the molecule is Cc1ccc([N+](=O)[O-])cc1S(=O)(=O)N1CCN(C(=O)C[C@H]2C=CCC2)CC1. The molecule has 1 aliphatic heterocycles. The van der Waals surface area contributed by atoms with E-state index in [2.05, 4.69) is 12.2 Å². The summed E-state index contributed by atoms with van der Waals surface area (Å²) in [6.07, 6.45) is 6.62. The molecule has 0 radical (unpaired) electrons. The first-order valence-electron chi connectivity index (χ1n) is 8.98. The third kappa shape index (κ3) is 4.19. The number of allylic oxidation sites excluding steroid dienone is 2. The number of non-ortho nitro benzene ring substituents is 1. The molecule has 0 N–H and O–H groups in total. The van der Waals surface area contributed by atoms with Crippen LogP contribution in [-0.2, 0) is 14.8 Å². The molecule has 0 bridgehead atoms. The van der Waals surface area contributed by atoms with Crippen molar-refractivity contribution in [3.05, 3.63) is 46.0 Å². The number of piperazine rings is 1. The topological polar surface area (TPSA) is 101 Å². The summed E-state index contributed by atoms with van der Waals surface area (Å²) in [6.45, 7) is 2.67. The van der Waals surface area contributed by atoms with Gasteiger partial charge < -0.3 is 4.90 Å². The molecule has 1 amide bonds. The zero-order valence-corrected chi connectivity index (χ0v) is 16.0. The number of nitrogens with zero attached hydrogens (tertiary/aromatic N) is 3. The highest BCUT2D eigenvalue weighted by Crippen LogP contribution is 2.26. The average molecular weight is 393 g/mol. The minimum atomic E-state index is -3.84. The van der Waals surface area contributed by atoms with E-state index in [1.807, 2.05) is 0 Å². The van der Waals surface area contributed by atoms with Crippen molar-refractivity contribution in [2.45, 2.75) is 31.1 Å². The molecule has 0 aromatic heterocycles. The second-order valence-electron chi connectivity index (χ2n) is 6.96. The van der Waals surface area contributed by atoms with E-state index >= 15 is 0 Å². The van der Waals surface area contributed by atoms with Crippen molar-refractivity contribution < 1.29 is 18.1 Å². The Balaban J connectivity index is 1.68. The molecule has 146 valence electrons. The molecule has 8 nitrogen and oxygen atoms in total. The van der Waals surface area contributed by atoms with Gasteiger partial charge in [-0.1, -0.05) is 18.2 Å². The third-order valence-electron chi connectivity index (χ3n) is 5.14. The zero-order valence-electron chi connectivity index (χ0n) is 15.2. The van der Waals surface area contributed by atoms with E-state index in [1.54, 1.807) is 11.8 Å². The molecule has 2 aliphatic rings. The maximum atomic E-state index is 12.9. The number of amides is 1. The van der Waals surface area contributed by atoms with Gasteiger partial charge in [-0.2, -0.15) is 4.31 Å². The number of rotatable bonds is 5. The van der Waals surface area contributed by atoms with Gasteiger partial charge in [0.05, 0.1) is 9.82 Å². The van der Waals surface area contributed by atoms with Gasteiger partial charge in [0.25, 0.3) is 5.69 Å². The number of benzene rings is 1. The van der Waals surface area contributed by atoms with Crippen molar-refractivity contribution in [1.29, 1.82) is 0 Å². The highest BCUT2D eigenvalue weighted by molar-refractivity contribution is 7.89. The highest BCUT2D eigenvalue weighted by Gasteiger charge is 2.32. The average Bonchev–Trinajstić information content (AvgIpc) is 3.14. The van der Waals surface area contributed by atoms with Crippen LogP contribution in [-0.4, -0.2) is 54.6 Å². The summed E-state index contributed by atoms with van der Waals surface area (Å²) >= 11 is 0. The van der Waals surface area contributed by atoms with Crippen molar-refractivity contribution in [3.63, 3.8) is 0 Å². The van der Waals surface area contributed by atoms with Gasteiger partial charge in [0, 0.05) is 44.7 Å². The number of carbonyl (C=O) groups excluding carboxylic acids is 1. The normalized spacial score (nSPS) is 20.8. The fraction of sp³-hybridized carbons (Fsp3) is 0.500. The third-order valence-corrected chi connectivity index (χ3v) is 7.18. The van der Waals surface area contributed by atoms with Crippen LogP contribution in [0.1, 0.15) is 24.8 Å². The molecular formula is C18H23N3O5S.